The third-order valence-electron chi connectivity index (χ3n) is 14.7. The molecule has 220 valence electrons. The van der Waals surface area contributed by atoms with Gasteiger partial charge in [-0.2, -0.15) is 0 Å². The van der Waals surface area contributed by atoms with Crippen molar-refractivity contribution in [1.82, 2.24) is 0 Å². The largest absolute Gasteiger partial charge is 0.396 e. The summed E-state index contributed by atoms with van der Waals surface area (Å²) in [6.45, 7) is 11.0. The summed E-state index contributed by atoms with van der Waals surface area (Å²) in [6.07, 6.45) is 7.39. The second kappa shape index (κ2) is 8.63. The summed E-state index contributed by atoms with van der Waals surface area (Å²) in [5, 5.41) is 55.5. The SMILES string of the molecule is CC1(C)CCC2(CO)C(O)CC3(C)C(=CC(=O)C4C5(C)C6CCCC(C(O)CO)(C(O)C6)C5CCC43C)C2C1. The molecule has 0 spiro atoms. The monoisotopic (exact) mass is 544 g/mol. The van der Waals surface area contributed by atoms with Crippen LogP contribution in [0.5, 0.6) is 0 Å². The van der Waals surface area contributed by atoms with Crippen LogP contribution in [0.1, 0.15) is 98.8 Å². The van der Waals surface area contributed by atoms with Gasteiger partial charge >= 0.3 is 0 Å². The lowest BCUT2D eigenvalue weighted by atomic mass is 9.31. The molecule has 6 nitrogen and oxygen atoms in total. The Morgan fingerprint density at radius 3 is 2.33 bits per heavy atom. The van der Waals surface area contributed by atoms with Gasteiger partial charge in [0.05, 0.1) is 31.5 Å². The minimum atomic E-state index is -1.01. The molecule has 5 N–H and O–H groups in total. The molecule has 7 aliphatic rings. The van der Waals surface area contributed by atoms with Crippen LogP contribution in [0.4, 0.5) is 0 Å². The van der Waals surface area contributed by atoms with E-state index in [-0.39, 0.29) is 58.9 Å². The summed E-state index contributed by atoms with van der Waals surface area (Å²) in [5.41, 5.74) is -1.34. The van der Waals surface area contributed by atoms with Crippen LogP contribution in [0.3, 0.4) is 0 Å². The number of aliphatic hydroxyl groups excluding tert-OH is 5. The van der Waals surface area contributed by atoms with Gasteiger partial charge < -0.3 is 25.5 Å². The van der Waals surface area contributed by atoms with Gasteiger partial charge in [-0.25, -0.2) is 0 Å². The van der Waals surface area contributed by atoms with Gasteiger partial charge in [0.1, 0.15) is 0 Å². The Labute approximate surface area is 234 Å². The number of rotatable bonds is 3. The summed E-state index contributed by atoms with van der Waals surface area (Å²) < 4.78 is 0. The fourth-order valence-electron chi connectivity index (χ4n) is 12.4. The van der Waals surface area contributed by atoms with Crippen LogP contribution in [0.15, 0.2) is 11.6 Å². The molecular formula is C33H52O6. The Hall–Kier alpha value is -0.790. The zero-order chi connectivity index (χ0) is 28.4. The summed E-state index contributed by atoms with van der Waals surface area (Å²) in [7, 11) is 0. The number of allylic oxidation sites excluding steroid dienone is 2. The summed E-state index contributed by atoms with van der Waals surface area (Å²) in [5.74, 6) is -0.0158. The highest BCUT2D eigenvalue weighted by molar-refractivity contribution is 5.95. The van der Waals surface area contributed by atoms with E-state index >= 15 is 0 Å². The number of hydrogen-bond acceptors (Lipinski definition) is 6. The highest BCUT2D eigenvalue weighted by atomic mass is 16.3. The Kier molecular flexibility index (Phi) is 6.27. The van der Waals surface area contributed by atoms with Gasteiger partial charge in [0.15, 0.2) is 5.78 Å². The molecular weight excluding hydrogens is 492 g/mol. The van der Waals surface area contributed by atoms with E-state index in [1.54, 1.807) is 0 Å². The standard InChI is InChI=1S/C33H52O6/c1-28(2)11-12-32(18-35)21(15-28)20-14-22(36)27-29(3,30(20,4)16-25(32)38)10-8-23-31(27,5)19-7-6-9-33(23,24(37)13-19)26(39)17-34/h14,19,21,23-27,34-35,37-39H,6-13,15-18H2,1-5H3. The number of carbonyl (C=O) groups is 1. The average Bonchev–Trinajstić information content (AvgIpc) is 3.12. The fraction of sp³-hybridized carbons (Fsp3) is 0.909. The third kappa shape index (κ3) is 3.25. The summed E-state index contributed by atoms with van der Waals surface area (Å²) in [4.78, 5) is 14.6. The lowest BCUT2D eigenvalue weighted by Gasteiger charge is -2.72. The predicted octanol–water partition coefficient (Wildman–Crippen LogP) is 4.01. The smallest absolute Gasteiger partial charge is 0.159 e. The molecule has 6 saturated carbocycles. The molecule has 0 aromatic rings. The van der Waals surface area contributed by atoms with E-state index in [0.717, 1.165) is 50.5 Å². The van der Waals surface area contributed by atoms with Crippen LogP contribution in [0.2, 0.25) is 0 Å². The maximum atomic E-state index is 14.6. The van der Waals surface area contributed by atoms with Gasteiger partial charge in [0.25, 0.3) is 0 Å². The van der Waals surface area contributed by atoms with Gasteiger partial charge in [0.2, 0.25) is 0 Å². The van der Waals surface area contributed by atoms with Crippen molar-refractivity contribution in [2.45, 2.75) is 117 Å². The van der Waals surface area contributed by atoms with Gasteiger partial charge in [-0.15, -0.1) is 0 Å². The molecule has 6 heteroatoms. The fourth-order valence-corrected chi connectivity index (χ4v) is 12.4. The molecule has 0 aliphatic heterocycles. The van der Waals surface area contributed by atoms with E-state index in [1.165, 1.54) is 0 Å². The first-order chi connectivity index (χ1) is 18.2. The minimum Gasteiger partial charge on any atom is -0.396 e. The first-order valence-corrected chi connectivity index (χ1v) is 15.7. The van der Waals surface area contributed by atoms with Crippen LogP contribution in [0, 0.1) is 56.2 Å². The summed E-state index contributed by atoms with van der Waals surface area (Å²) in [6, 6.07) is 0. The number of hydrogen-bond donors (Lipinski definition) is 5. The molecule has 0 radical (unpaired) electrons. The lowest BCUT2D eigenvalue weighted by molar-refractivity contribution is -0.253. The maximum absolute atomic E-state index is 14.6. The van der Waals surface area contributed by atoms with E-state index in [0.29, 0.717) is 19.3 Å². The van der Waals surface area contributed by atoms with E-state index in [4.69, 9.17) is 0 Å². The molecule has 7 rings (SSSR count). The lowest BCUT2D eigenvalue weighted by Crippen LogP contribution is -2.71. The second-order valence-corrected chi connectivity index (χ2v) is 16.3. The third-order valence-corrected chi connectivity index (χ3v) is 14.7. The molecule has 0 saturated heterocycles. The molecule has 2 bridgehead atoms. The van der Waals surface area contributed by atoms with Crippen molar-refractivity contribution in [1.29, 1.82) is 0 Å². The molecule has 0 heterocycles. The first-order valence-electron chi connectivity index (χ1n) is 15.7. The van der Waals surface area contributed by atoms with Crippen molar-refractivity contribution in [3.05, 3.63) is 11.6 Å². The van der Waals surface area contributed by atoms with Gasteiger partial charge in [-0.1, -0.05) is 46.6 Å². The molecule has 7 aliphatic carbocycles. The minimum absolute atomic E-state index is 0.0257. The van der Waals surface area contributed by atoms with Crippen molar-refractivity contribution in [2.24, 2.45) is 56.2 Å². The van der Waals surface area contributed by atoms with Crippen LogP contribution >= 0.6 is 0 Å². The van der Waals surface area contributed by atoms with Crippen molar-refractivity contribution in [2.75, 3.05) is 13.2 Å². The van der Waals surface area contributed by atoms with Crippen molar-refractivity contribution in [3.63, 3.8) is 0 Å². The van der Waals surface area contributed by atoms with Gasteiger partial charge in [0, 0.05) is 16.7 Å². The highest BCUT2D eigenvalue weighted by Crippen LogP contribution is 2.77. The molecule has 0 amide bonds. The normalized spacial score (nSPS) is 54.9. The number of aliphatic hydroxyl groups is 5. The van der Waals surface area contributed by atoms with E-state index in [9.17, 15) is 30.3 Å². The summed E-state index contributed by atoms with van der Waals surface area (Å²) >= 11 is 0. The van der Waals surface area contributed by atoms with Crippen molar-refractivity contribution in [3.8, 4) is 0 Å². The second-order valence-electron chi connectivity index (χ2n) is 16.3. The molecule has 12 unspecified atom stereocenters. The quantitative estimate of drug-likeness (QED) is 0.366. The van der Waals surface area contributed by atoms with Crippen LogP contribution in [-0.2, 0) is 4.79 Å². The predicted molar refractivity (Wildman–Crippen MR) is 148 cm³/mol. The van der Waals surface area contributed by atoms with Crippen molar-refractivity contribution >= 4 is 5.78 Å². The zero-order valence-corrected chi connectivity index (χ0v) is 24.7. The Bertz CT molecular complexity index is 1070. The Morgan fingerprint density at radius 1 is 0.949 bits per heavy atom. The van der Waals surface area contributed by atoms with Crippen LogP contribution < -0.4 is 0 Å². The van der Waals surface area contributed by atoms with Crippen LogP contribution in [0.25, 0.3) is 0 Å². The van der Waals surface area contributed by atoms with Crippen LogP contribution in [-0.4, -0.2) is 62.8 Å². The molecule has 0 aromatic carbocycles. The Balaban J connectivity index is 1.52. The van der Waals surface area contributed by atoms with Crippen molar-refractivity contribution < 1.29 is 30.3 Å². The maximum Gasteiger partial charge on any atom is 0.159 e. The molecule has 39 heavy (non-hydrogen) atoms. The van der Waals surface area contributed by atoms with Gasteiger partial charge in [-0.3, -0.25) is 4.79 Å². The zero-order valence-electron chi connectivity index (χ0n) is 24.7. The van der Waals surface area contributed by atoms with E-state index in [1.807, 2.05) is 6.08 Å². The van der Waals surface area contributed by atoms with Gasteiger partial charge in [-0.05, 0) is 103 Å². The van der Waals surface area contributed by atoms with E-state index < -0.39 is 34.6 Å². The molecule has 12 atom stereocenters. The average molecular weight is 545 g/mol. The molecule has 0 aromatic heterocycles. The first kappa shape index (κ1) is 28.3. The number of fused-ring (bicyclic) bond motifs is 8. The molecule has 6 fully saturated rings. The number of ketones is 1. The van der Waals surface area contributed by atoms with E-state index in [2.05, 4.69) is 34.6 Å². The Morgan fingerprint density at radius 2 is 1.67 bits per heavy atom. The number of carbonyl (C=O) groups excluding carboxylic acids is 1. The highest BCUT2D eigenvalue weighted by Gasteiger charge is 2.75. The topological polar surface area (TPSA) is 118 Å².